The maximum Gasteiger partial charge on any atom is 0.187 e. The summed E-state index contributed by atoms with van der Waals surface area (Å²) < 4.78 is 6.72. The molecule has 0 saturated heterocycles. The van der Waals surface area contributed by atoms with E-state index in [1.165, 1.54) is 0 Å². The van der Waals surface area contributed by atoms with Gasteiger partial charge in [0.1, 0.15) is 11.2 Å². The number of hydrogen-bond acceptors (Lipinski definition) is 2. The Labute approximate surface area is 226 Å². The summed E-state index contributed by atoms with van der Waals surface area (Å²) in [6, 6.07) is 41.4. The number of pyridine rings is 1. The lowest BCUT2D eigenvalue weighted by Crippen LogP contribution is -1.85. The minimum absolute atomic E-state index is 0.636. The Hall–Kier alpha value is -5.46. The fourth-order valence-corrected chi connectivity index (χ4v) is 5.32. The molecule has 0 fully saturated rings. The molecule has 3 nitrogen and oxygen atoms in total. The number of fused-ring (bicyclic) bond motifs is 3. The molecule has 2 heterocycles. The van der Waals surface area contributed by atoms with Gasteiger partial charge in [0.25, 0.3) is 0 Å². The van der Waals surface area contributed by atoms with Crippen LogP contribution < -0.4 is 0 Å². The van der Waals surface area contributed by atoms with Crippen LogP contribution in [0.4, 0.5) is 5.69 Å². The number of benzene rings is 5. The van der Waals surface area contributed by atoms with Crippen molar-refractivity contribution >= 4 is 27.6 Å². The van der Waals surface area contributed by atoms with Crippen molar-refractivity contribution in [2.24, 2.45) is 0 Å². The van der Waals surface area contributed by atoms with Gasteiger partial charge in [-0.05, 0) is 39.4 Å². The summed E-state index contributed by atoms with van der Waals surface area (Å²) in [7, 11) is 0. The zero-order valence-electron chi connectivity index (χ0n) is 21.0. The van der Waals surface area contributed by atoms with E-state index in [1.54, 1.807) is 6.20 Å². The van der Waals surface area contributed by atoms with Crippen LogP contribution in [0, 0.1) is 6.57 Å². The maximum atomic E-state index is 7.28. The highest BCUT2D eigenvalue weighted by atomic mass is 16.3. The fourth-order valence-electron chi connectivity index (χ4n) is 5.32. The zero-order chi connectivity index (χ0) is 26.2. The van der Waals surface area contributed by atoms with Crippen LogP contribution in [0.3, 0.4) is 0 Å². The molecule has 3 heteroatoms. The van der Waals surface area contributed by atoms with Gasteiger partial charge in [0.05, 0.1) is 6.57 Å². The summed E-state index contributed by atoms with van der Waals surface area (Å²) in [6.45, 7) is 7.28. The molecule has 7 rings (SSSR count). The predicted octanol–water partition coefficient (Wildman–Crippen LogP) is 10.2. The van der Waals surface area contributed by atoms with Gasteiger partial charge in [-0.2, -0.15) is 0 Å². The van der Waals surface area contributed by atoms with Crippen molar-refractivity contribution in [3.8, 4) is 44.5 Å². The van der Waals surface area contributed by atoms with E-state index in [-0.39, 0.29) is 0 Å². The van der Waals surface area contributed by atoms with Crippen molar-refractivity contribution < 1.29 is 4.42 Å². The molecule has 0 amide bonds. The molecule has 182 valence electrons. The molecular weight excluding hydrogens is 476 g/mol. The largest absolute Gasteiger partial charge is 0.455 e. The Morgan fingerprint density at radius 2 is 1.08 bits per heavy atom. The second-order valence-electron chi connectivity index (χ2n) is 9.49. The highest BCUT2D eigenvalue weighted by Gasteiger charge is 2.17. The first-order valence-electron chi connectivity index (χ1n) is 12.8. The van der Waals surface area contributed by atoms with Crippen LogP contribution in [-0.4, -0.2) is 4.98 Å². The van der Waals surface area contributed by atoms with Crippen LogP contribution in [-0.2, 0) is 0 Å². The highest BCUT2D eigenvalue weighted by molar-refractivity contribution is 6.13. The topological polar surface area (TPSA) is 30.4 Å². The second-order valence-corrected chi connectivity index (χ2v) is 9.49. The molecule has 5 aromatic carbocycles. The third-order valence-electron chi connectivity index (χ3n) is 7.24. The molecule has 7 aromatic rings. The summed E-state index contributed by atoms with van der Waals surface area (Å²) in [4.78, 5) is 7.78. The minimum atomic E-state index is 0.636. The summed E-state index contributed by atoms with van der Waals surface area (Å²) in [5.41, 5.74) is 11.1. The molecule has 0 spiro atoms. The molecular formula is C36H22N2O. The third kappa shape index (κ3) is 3.96. The Morgan fingerprint density at radius 3 is 1.77 bits per heavy atom. The van der Waals surface area contributed by atoms with Crippen LogP contribution in [0.25, 0.3) is 71.3 Å². The monoisotopic (exact) mass is 498 g/mol. The smallest absolute Gasteiger partial charge is 0.187 e. The maximum absolute atomic E-state index is 7.28. The average molecular weight is 499 g/mol. The lowest BCUT2D eigenvalue weighted by Gasteiger charge is -2.11. The number of rotatable bonds is 4. The van der Waals surface area contributed by atoms with Gasteiger partial charge in [-0.1, -0.05) is 115 Å². The fraction of sp³-hybridized carbons (Fsp3) is 0. The number of nitrogens with zero attached hydrogens (tertiary/aromatic N) is 2. The summed E-state index contributed by atoms with van der Waals surface area (Å²) in [6.07, 6.45) is 3.67. The Kier molecular flexibility index (Phi) is 5.50. The Morgan fingerprint density at radius 1 is 0.487 bits per heavy atom. The number of para-hydroxylation sites is 2. The summed E-state index contributed by atoms with van der Waals surface area (Å²) in [5.74, 6) is 0. The van der Waals surface area contributed by atoms with Crippen LogP contribution >= 0.6 is 0 Å². The van der Waals surface area contributed by atoms with E-state index in [9.17, 15) is 0 Å². The van der Waals surface area contributed by atoms with E-state index in [0.29, 0.717) is 5.69 Å². The molecule has 0 aliphatic carbocycles. The normalized spacial score (nSPS) is 11.1. The molecule has 0 atom stereocenters. The SMILES string of the molecule is [C-]#[N+]c1ccc(-c2ccccc2-c2cccc3c2oc2c(-c4ccc(-c5cccnc5)cc4)cccc23)cc1. The van der Waals surface area contributed by atoms with E-state index in [4.69, 9.17) is 11.0 Å². The first-order chi connectivity index (χ1) is 19.3. The van der Waals surface area contributed by atoms with E-state index in [1.807, 2.05) is 42.6 Å². The number of aromatic nitrogens is 1. The van der Waals surface area contributed by atoms with Crippen molar-refractivity contribution in [1.29, 1.82) is 0 Å². The summed E-state index contributed by atoms with van der Waals surface area (Å²) >= 11 is 0. The molecule has 0 aliphatic heterocycles. The molecule has 39 heavy (non-hydrogen) atoms. The van der Waals surface area contributed by atoms with Crippen LogP contribution in [0.2, 0.25) is 0 Å². The average Bonchev–Trinajstić information content (AvgIpc) is 3.41. The van der Waals surface area contributed by atoms with Crippen molar-refractivity contribution in [3.63, 3.8) is 0 Å². The molecule has 0 aliphatic rings. The lowest BCUT2D eigenvalue weighted by molar-refractivity contribution is 0.671. The lowest BCUT2D eigenvalue weighted by atomic mass is 9.93. The van der Waals surface area contributed by atoms with Crippen LogP contribution in [0.5, 0.6) is 0 Å². The van der Waals surface area contributed by atoms with E-state index >= 15 is 0 Å². The standard InChI is InChI=1S/C36H22N2O/c1-37-28-20-18-25(19-21-28)29-8-2-3-9-31(29)32-11-5-13-34-33-12-4-10-30(35(33)39-36(32)34)26-16-14-24(15-17-26)27-7-6-22-38-23-27/h2-23H. The van der Waals surface area contributed by atoms with E-state index < -0.39 is 0 Å². The molecule has 0 unspecified atom stereocenters. The van der Waals surface area contributed by atoms with Crippen molar-refractivity contribution in [2.45, 2.75) is 0 Å². The molecule has 0 N–H and O–H groups in total. The van der Waals surface area contributed by atoms with Gasteiger partial charge in [-0.3, -0.25) is 4.98 Å². The van der Waals surface area contributed by atoms with E-state index in [0.717, 1.165) is 66.4 Å². The minimum Gasteiger partial charge on any atom is -0.455 e. The number of furan rings is 1. The van der Waals surface area contributed by atoms with Crippen LogP contribution in [0.1, 0.15) is 0 Å². The highest BCUT2D eigenvalue weighted by Crippen LogP contribution is 2.42. The quantitative estimate of drug-likeness (QED) is 0.226. The second kappa shape index (κ2) is 9.45. The molecule has 0 saturated carbocycles. The first kappa shape index (κ1) is 22.7. The van der Waals surface area contributed by atoms with Gasteiger partial charge in [-0.25, -0.2) is 4.85 Å². The van der Waals surface area contributed by atoms with Gasteiger partial charge in [-0.15, -0.1) is 0 Å². The van der Waals surface area contributed by atoms with Crippen molar-refractivity contribution in [1.82, 2.24) is 4.98 Å². The van der Waals surface area contributed by atoms with E-state index in [2.05, 4.69) is 94.8 Å². The number of hydrogen-bond donors (Lipinski definition) is 0. The molecule has 0 bridgehead atoms. The third-order valence-corrected chi connectivity index (χ3v) is 7.24. The van der Waals surface area contributed by atoms with Crippen LogP contribution in [0.15, 0.2) is 138 Å². The van der Waals surface area contributed by atoms with Gasteiger partial charge >= 0.3 is 0 Å². The molecule has 0 radical (unpaired) electrons. The van der Waals surface area contributed by atoms with Gasteiger partial charge in [0.2, 0.25) is 0 Å². The first-order valence-corrected chi connectivity index (χ1v) is 12.8. The Balaban J connectivity index is 1.38. The zero-order valence-corrected chi connectivity index (χ0v) is 21.0. The van der Waals surface area contributed by atoms with Gasteiger partial charge in [0, 0.05) is 34.3 Å². The predicted molar refractivity (Wildman–Crippen MR) is 160 cm³/mol. The van der Waals surface area contributed by atoms with Crippen molar-refractivity contribution in [3.05, 3.63) is 145 Å². The molecule has 2 aromatic heterocycles. The summed E-state index contributed by atoms with van der Waals surface area (Å²) in [5, 5.41) is 2.19. The van der Waals surface area contributed by atoms with Gasteiger partial charge < -0.3 is 4.42 Å². The Bertz CT molecular complexity index is 2000. The van der Waals surface area contributed by atoms with Crippen molar-refractivity contribution in [2.75, 3.05) is 0 Å². The van der Waals surface area contributed by atoms with Gasteiger partial charge in [0.15, 0.2) is 5.69 Å².